The lowest BCUT2D eigenvalue weighted by Gasteiger charge is -2.10. The zero-order valence-electron chi connectivity index (χ0n) is 14.4. The molecule has 0 saturated carbocycles. The molecule has 7 nitrogen and oxygen atoms in total. The molecule has 3 amide bonds. The van der Waals surface area contributed by atoms with Crippen molar-refractivity contribution in [2.75, 3.05) is 17.2 Å². The van der Waals surface area contributed by atoms with E-state index in [0.29, 0.717) is 18.7 Å². The van der Waals surface area contributed by atoms with Crippen LogP contribution in [0.15, 0.2) is 22.7 Å². The van der Waals surface area contributed by atoms with E-state index in [0.717, 1.165) is 23.4 Å². The summed E-state index contributed by atoms with van der Waals surface area (Å²) in [5.41, 5.74) is 2.28. The Balaban J connectivity index is 1.83. The monoisotopic (exact) mass is 348 g/mol. The summed E-state index contributed by atoms with van der Waals surface area (Å²) in [6.07, 6.45) is 1.43. The Bertz CT molecular complexity index is 754. The molecular weight excluding hydrogens is 327 g/mol. The normalized spacial score (nSPS) is 10.4. The number of amides is 3. The molecule has 3 N–H and O–H groups in total. The highest BCUT2D eigenvalue weighted by Gasteiger charge is 2.10. The van der Waals surface area contributed by atoms with Crippen LogP contribution in [0.4, 0.5) is 20.6 Å². The molecule has 134 valence electrons. The van der Waals surface area contributed by atoms with Crippen molar-refractivity contribution in [3.05, 3.63) is 41.0 Å². The maximum Gasteiger partial charge on any atom is 0.319 e. The van der Waals surface area contributed by atoms with Gasteiger partial charge in [0.15, 0.2) is 0 Å². The number of benzene rings is 1. The predicted octanol–water partition coefficient (Wildman–Crippen LogP) is 3.14. The fourth-order valence-corrected chi connectivity index (χ4v) is 2.39. The first-order valence-corrected chi connectivity index (χ1v) is 7.90. The molecule has 8 heteroatoms. The van der Waals surface area contributed by atoms with Gasteiger partial charge in [-0.1, -0.05) is 5.16 Å². The van der Waals surface area contributed by atoms with Gasteiger partial charge in [-0.2, -0.15) is 0 Å². The van der Waals surface area contributed by atoms with Crippen molar-refractivity contribution in [1.29, 1.82) is 0 Å². The molecule has 0 radical (unpaired) electrons. The summed E-state index contributed by atoms with van der Waals surface area (Å²) >= 11 is 0. The summed E-state index contributed by atoms with van der Waals surface area (Å²) in [5, 5.41) is 11.5. The van der Waals surface area contributed by atoms with Gasteiger partial charge < -0.3 is 20.5 Å². The van der Waals surface area contributed by atoms with Crippen LogP contribution in [-0.4, -0.2) is 23.6 Å². The minimum atomic E-state index is -0.583. The van der Waals surface area contributed by atoms with Gasteiger partial charge in [-0.05, 0) is 44.9 Å². The third kappa shape index (κ3) is 5.30. The van der Waals surface area contributed by atoms with Gasteiger partial charge in [0.05, 0.1) is 11.4 Å². The van der Waals surface area contributed by atoms with E-state index in [2.05, 4.69) is 21.1 Å². The molecule has 0 aliphatic heterocycles. The van der Waals surface area contributed by atoms with Crippen LogP contribution in [0.3, 0.4) is 0 Å². The lowest BCUT2D eigenvalue weighted by atomic mass is 10.1. The largest absolute Gasteiger partial charge is 0.361 e. The molecule has 0 aliphatic carbocycles. The van der Waals surface area contributed by atoms with Crippen LogP contribution in [0.25, 0.3) is 0 Å². The number of carbonyl (C=O) groups excluding carboxylic acids is 2. The molecule has 0 aliphatic rings. The summed E-state index contributed by atoms with van der Waals surface area (Å²) < 4.78 is 18.8. The fourth-order valence-electron chi connectivity index (χ4n) is 2.39. The molecule has 2 aromatic rings. The highest BCUT2D eigenvalue weighted by Crippen LogP contribution is 2.19. The molecule has 1 aromatic carbocycles. The Labute approximate surface area is 145 Å². The number of aromatic nitrogens is 1. The Kier molecular flexibility index (Phi) is 6.10. The van der Waals surface area contributed by atoms with Crippen LogP contribution in [0, 0.1) is 19.7 Å². The third-order valence-corrected chi connectivity index (χ3v) is 3.61. The van der Waals surface area contributed by atoms with Gasteiger partial charge in [-0.15, -0.1) is 0 Å². The summed E-state index contributed by atoms with van der Waals surface area (Å²) in [7, 11) is 0. The maximum absolute atomic E-state index is 13.8. The Morgan fingerprint density at radius 2 is 2.00 bits per heavy atom. The quantitative estimate of drug-likeness (QED) is 0.699. The van der Waals surface area contributed by atoms with Crippen LogP contribution in [-0.2, 0) is 11.2 Å². The van der Waals surface area contributed by atoms with Crippen molar-refractivity contribution in [1.82, 2.24) is 10.5 Å². The highest BCUT2D eigenvalue weighted by molar-refractivity contribution is 5.92. The lowest BCUT2D eigenvalue weighted by molar-refractivity contribution is -0.114. The first kappa shape index (κ1) is 18.4. The van der Waals surface area contributed by atoms with Gasteiger partial charge >= 0.3 is 6.03 Å². The Morgan fingerprint density at radius 1 is 1.24 bits per heavy atom. The number of halogens is 1. The van der Waals surface area contributed by atoms with E-state index >= 15 is 0 Å². The summed E-state index contributed by atoms with van der Waals surface area (Å²) in [6, 6.07) is 3.44. The van der Waals surface area contributed by atoms with E-state index in [1.165, 1.54) is 25.1 Å². The van der Waals surface area contributed by atoms with Crippen molar-refractivity contribution < 1.29 is 18.5 Å². The van der Waals surface area contributed by atoms with Gasteiger partial charge in [-0.3, -0.25) is 4.79 Å². The first-order valence-electron chi connectivity index (χ1n) is 7.90. The zero-order chi connectivity index (χ0) is 18.4. The topological polar surface area (TPSA) is 96.3 Å². The number of nitrogens with one attached hydrogen (secondary N) is 3. The molecular formula is C17H21FN4O3. The molecule has 0 spiro atoms. The second kappa shape index (κ2) is 8.27. The van der Waals surface area contributed by atoms with Gasteiger partial charge in [0, 0.05) is 24.7 Å². The third-order valence-electron chi connectivity index (χ3n) is 3.61. The minimum Gasteiger partial charge on any atom is -0.361 e. The van der Waals surface area contributed by atoms with Crippen molar-refractivity contribution in [2.24, 2.45) is 0 Å². The number of urea groups is 1. The van der Waals surface area contributed by atoms with Crippen molar-refractivity contribution in [3.63, 3.8) is 0 Å². The molecule has 0 fully saturated rings. The summed E-state index contributed by atoms with van der Waals surface area (Å²) in [4.78, 5) is 22.9. The van der Waals surface area contributed by atoms with Crippen molar-refractivity contribution in [2.45, 2.75) is 33.6 Å². The molecule has 25 heavy (non-hydrogen) atoms. The van der Waals surface area contributed by atoms with Gasteiger partial charge in [0.2, 0.25) is 5.91 Å². The van der Waals surface area contributed by atoms with E-state index in [9.17, 15) is 14.0 Å². The van der Waals surface area contributed by atoms with Crippen LogP contribution in [0.2, 0.25) is 0 Å². The number of carbonyl (C=O) groups is 2. The van der Waals surface area contributed by atoms with Crippen LogP contribution in [0.5, 0.6) is 0 Å². The summed E-state index contributed by atoms with van der Waals surface area (Å²) in [5.74, 6) is -0.0832. The van der Waals surface area contributed by atoms with Gasteiger partial charge in [0.1, 0.15) is 11.6 Å². The molecule has 0 unspecified atom stereocenters. The summed E-state index contributed by atoms with van der Waals surface area (Å²) in [6.45, 7) is 5.49. The highest BCUT2D eigenvalue weighted by atomic mass is 19.1. The lowest BCUT2D eigenvalue weighted by Crippen LogP contribution is -2.30. The van der Waals surface area contributed by atoms with Gasteiger partial charge in [-0.25, -0.2) is 9.18 Å². The van der Waals surface area contributed by atoms with Crippen LogP contribution >= 0.6 is 0 Å². The molecule has 1 heterocycles. The number of aryl methyl sites for hydroxylation is 2. The fraction of sp³-hybridized carbons (Fsp3) is 0.353. The molecule has 2 rings (SSSR count). The molecule has 0 atom stereocenters. The van der Waals surface area contributed by atoms with E-state index in [-0.39, 0.29) is 11.6 Å². The molecule has 0 bridgehead atoms. The Hall–Kier alpha value is -2.90. The number of rotatable bonds is 6. The predicted molar refractivity (Wildman–Crippen MR) is 92.0 cm³/mol. The van der Waals surface area contributed by atoms with E-state index in [4.69, 9.17) is 4.52 Å². The zero-order valence-corrected chi connectivity index (χ0v) is 14.4. The molecule has 0 saturated heterocycles. The van der Waals surface area contributed by atoms with Crippen molar-refractivity contribution >= 4 is 23.3 Å². The SMILES string of the molecule is CC(=O)Nc1ccc(F)c(NC(=O)NCCCc2c(C)noc2C)c1. The number of hydrogen-bond acceptors (Lipinski definition) is 4. The average Bonchev–Trinajstić information content (AvgIpc) is 2.85. The minimum absolute atomic E-state index is 0.00512. The molecule has 1 aromatic heterocycles. The smallest absolute Gasteiger partial charge is 0.319 e. The average molecular weight is 348 g/mol. The Morgan fingerprint density at radius 3 is 2.64 bits per heavy atom. The van der Waals surface area contributed by atoms with Gasteiger partial charge in [0.25, 0.3) is 0 Å². The van der Waals surface area contributed by atoms with Crippen molar-refractivity contribution in [3.8, 4) is 0 Å². The number of nitrogens with zero attached hydrogens (tertiary/aromatic N) is 1. The second-order valence-electron chi connectivity index (χ2n) is 5.66. The first-order chi connectivity index (χ1) is 11.9. The second-order valence-corrected chi connectivity index (χ2v) is 5.66. The van der Waals surface area contributed by atoms with E-state index < -0.39 is 11.8 Å². The van der Waals surface area contributed by atoms with Crippen LogP contribution in [0.1, 0.15) is 30.4 Å². The standard InChI is InChI=1S/C17H21FN4O3/c1-10-14(11(2)25-22-10)5-4-8-19-17(24)21-16-9-13(20-12(3)23)6-7-15(16)18/h6-7,9H,4-5,8H2,1-3H3,(H,20,23)(H2,19,21,24). The van der Waals surface area contributed by atoms with E-state index in [1.807, 2.05) is 13.8 Å². The number of hydrogen-bond donors (Lipinski definition) is 3. The van der Waals surface area contributed by atoms with E-state index in [1.54, 1.807) is 0 Å². The maximum atomic E-state index is 13.8. The van der Waals surface area contributed by atoms with Crippen LogP contribution < -0.4 is 16.0 Å². The number of anilines is 2.